The molecule has 4 saturated carbocycles. The average molecular weight is 342 g/mol. The molecule has 1 aromatic heterocycles. The Labute approximate surface area is 148 Å². The van der Waals surface area contributed by atoms with Crippen LogP contribution in [0.4, 0.5) is 0 Å². The highest BCUT2D eigenvalue weighted by molar-refractivity contribution is 5.91. The van der Waals surface area contributed by atoms with Gasteiger partial charge in [0.2, 0.25) is 0 Å². The van der Waals surface area contributed by atoms with Gasteiger partial charge in [0.25, 0.3) is 5.91 Å². The van der Waals surface area contributed by atoms with E-state index in [-0.39, 0.29) is 24.0 Å². The molecule has 0 unspecified atom stereocenters. The maximum atomic E-state index is 12.3. The van der Waals surface area contributed by atoms with Gasteiger partial charge in [-0.2, -0.15) is 0 Å². The summed E-state index contributed by atoms with van der Waals surface area (Å²) in [6.45, 7) is 1.91. The first-order chi connectivity index (χ1) is 12.0. The molecule has 0 aromatic carbocycles. The SMILES string of the molecule is C[C@H](NC(=O)COC(=O)c1ccncc1)C12CC3CC(CC(C3)C1)C2. The van der Waals surface area contributed by atoms with Gasteiger partial charge in [0, 0.05) is 18.4 Å². The molecule has 5 nitrogen and oxygen atoms in total. The van der Waals surface area contributed by atoms with E-state index in [1.165, 1.54) is 50.9 Å². The molecule has 4 fully saturated rings. The van der Waals surface area contributed by atoms with Gasteiger partial charge < -0.3 is 10.1 Å². The Balaban J connectivity index is 1.31. The Hall–Kier alpha value is -1.91. The molecule has 1 N–H and O–H groups in total. The van der Waals surface area contributed by atoms with Gasteiger partial charge in [0.1, 0.15) is 0 Å². The summed E-state index contributed by atoms with van der Waals surface area (Å²) in [4.78, 5) is 28.1. The lowest BCUT2D eigenvalue weighted by Crippen LogP contribution is -2.56. The monoisotopic (exact) mass is 342 g/mol. The summed E-state index contributed by atoms with van der Waals surface area (Å²) in [5.41, 5.74) is 0.677. The van der Waals surface area contributed by atoms with Crippen LogP contribution in [0, 0.1) is 23.2 Å². The minimum Gasteiger partial charge on any atom is -0.452 e. The van der Waals surface area contributed by atoms with Crippen LogP contribution in [0.25, 0.3) is 0 Å². The molecule has 4 aliphatic rings. The molecular formula is C20H26N2O3. The zero-order chi connectivity index (χ0) is 17.4. The standard InChI is InChI=1S/C20H26N2O3/c1-13(20-9-14-6-15(10-20)8-16(7-14)11-20)22-18(23)12-25-19(24)17-2-4-21-5-3-17/h2-5,13-16H,6-12H2,1H3,(H,22,23)/t13-,14?,15?,16?,20?/m0/s1. The fourth-order valence-corrected chi connectivity index (χ4v) is 5.85. The zero-order valence-electron chi connectivity index (χ0n) is 14.7. The number of aromatic nitrogens is 1. The number of nitrogens with one attached hydrogen (secondary N) is 1. The predicted molar refractivity (Wildman–Crippen MR) is 92.7 cm³/mol. The Morgan fingerprint density at radius 2 is 1.72 bits per heavy atom. The fourth-order valence-electron chi connectivity index (χ4n) is 5.85. The Morgan fingerprint density at radius 3 is 2.28 bits per heavy atom. The number of pyridine rings is 1. The lowest BCUT2D eigenvalue weighted by molar-refractivity contribution is -0.128. The molecule has 134 valence electrons. The van der Waals surface area contributed by atoms with Crippen LogP contribution in [0.3, 0.4) is 0 Å². The highest BCUT2D eigenvalue weighted by Crippen LogP contribution is 2.61. The summed E-state index contributed by atoms with van der Waals surface area (Å²) < 4.78 is 5.13. The van der Waals surface area contributed by atoms with Crippen molar-refractivity contribution in [2.24, 2.45) is 23.2 Å². The van der Waals surface area contributed by atoms with E-state index in [9.17, 15) is 9.59 Å². The molecule has 5 rings (SSSR count). The van der Waals surface area contributed by atoms with Crippen molar-refractivity contribution in [1.82, 2.24) is 10.3 Å². The maximum absolute atomic E-state index is 12.3. The number of ether oxygens (including phenoxy) is 1. The number of hydrogen-bond donors (Lipinski definition) is 1. The van der Waals surface area contributed by atoms with Gasteiger partial charge in [0.05, 0.1) is 5.56 Å². The second-order valence-corrected chi connectivity index (χ2v) is 8.38. The zero-order valence-corrected chi connectivity index (χ0v) is 14.7. The molecule has 1 atom stereocenters. The van der Waals surface area contributed by atoms with Crippen molar-refractivity contribution in [2.45, 2.75) is 51.5 Å². The highest BCUT2D eigenvalue weighted by atomic mass is 16.5. The van der Waals surface area contributed by atoms with Crippen molar-refractivity contribution < 1.29 is 14.3 Å². The van der Waals surface area contributed by atoms with Gasteiger partial charge >= 0.3 is 5.97 Å². The van der Waals surface area contributed by atoms with Gasteiger partial charge in [0.15, 0.2) is 6.61 Å². The van der Waals surface area contributed by atoms with Crippen molar-refractivity contribution in [1.29, 1.82) is 0 Å². The van der Waals surface area contributed by atoms with Crippen LogP contribution in [-0.2, 0) is 9.53 Å². The smallest absolute Gasteiger partial charge is 0.338 e. The van der Waals surface area contributed by atoms with E-state index >= 15 is 0 Å². The van der Waals surface area contributed by atoms with E-state index in [1.807, 2.05) is 0 Å². The molecule has 25 heavy (non-hydrogen) atoms. The van der Waals surface area contributed by atoms with Crippen molar-refractivity contribution >= 4 is 11.9 Å². The Kier molecular flexibility index (Phi) is 4.26. The number of hydrogen-bond acceptors (Lipinski definition) is 4. The van der Waals surface area contributed by atoms with E-state index in [0.717, 1.165) is 17.8 Å². The molecule has 4 bridgehead atoms. The van der Waals surface area contributed by atoms with Crippen LogP contribution >= 0.6 is 0 Å². The average Bonchev–Trinajstić information content (AvgIpc) is 2.59. The topological polar surface area (TPSA) is 68.3 Å². The van der Waals surface area contributed by atoms with Crippen molar-refractivity contribution in [3.63, 3.8) is 0 Å². The van der Waals surface area contributed by atoms with Gasteiger partial charge in [-0.15, -0.1) is 0 Å². The molecule has 0 saturated heterocycles. The summed E-state index contributed by atoms with van der Waals surface area (Å²) in [5, 5.41) is 3.12. The summed E-state index contributed by atoms with van der Waals surface area (Å²) in [6.07, 6.45) is 11.0. The summed E-state index contributed by atoms with van der Waals surface area (Å²) in [6, 6.07) is 3.31. The third-order valence-electron chi connectivity index (χ3n) is 6.63. The second-order valence-electron chi connectivity index (χ2n) is 8.38. The molecule has 1 amide bonds. The minimum absolute atomic E-state index is 0.146. The molecule has 1 heterocycles. The number of rotatable bonds is 5. The summed E-state index contributed by atoms with van der Waals surface area (Å²) in [7, 11) is 0. The van der Waals surface area contributed by atoms with Gasteiger partial charge in [-0.25, -0.2) is 4.79 Å². The van der Waals surface area contributed by atoms with Crippen LogP contribution < -0.4 is 5.32 Å². The van der Waals surface area contributed by atoms with Crippen LogP contribution in [0.1, 0.15) is 55.8 Å². The quantitative estimate of drug-likeness (QED) is 0.835. The van der Waals surface area contributed by atoms with Crippen molar-refractivity contribution in [2.75, 3.05) is 6.61 Å². The molecular weight excluding hydrogens is 316 g/mol. The van der Waals surface area contributed by atoms with Crippen molar-refractivity contribution in [3.8, 4) is 0 Å². The van der Waals surface area contributed by atoms with E-state index in [2.05, 4.69) is 17.2 Å². The molecule has 0 spiro atoms. The first-order valence-corrected chi connectivity index (χ1v) is 9.40. The lowest BCUT2D eigenvalue weighted by atomic mass is 9.48. The number of esters is 1. The van der Waals surface area contributed by atoms with Gasteiger partial charge in [-0.1, -0.05) is 0 Å². The number of carbonyl (C=O) groups is 2. The molecule has 1 aromatic rings. The highest BCUT2D eigenvalue weighted by Gasteiger charge is 2.53. The van der Waals surface area contributed by atoms with E-state index in [0.29, 0.717) is 5.56 Å². The molecule has 0 radical (unpaired) electrons. The normalized spacial score (nSPS) is 33.7. The third kappa shape index (κ3) is 3.29. The van der Waals surface area contributed by atoms with Crippen LogP contribution in [-0.4, -0.2) is 29.5 Å². The fraction of sp³-hybridized carbons (Fsp3) is 0.650. The van der Waals surface area contributed by atoms with Crippen LogP contribution in [0.15, 0.2) is 24.5 Å². The number of carbonyl (C=O) groups excluding carboxylic acids is 2. The Bertz CT molecular complexity index is 623. The number of nitrogens with zero attached hydrogens (tertiary/aromatic N) is 1. The van der Waals surface area contributed by atoms with Crippen LogP contribution in [0.5, 0.6) is 0 Å². The second kappa shape index (κ2) is 6.43. The Morgan fingerprint density at radius 1 is 1.16 bits per heavy atom. The van der Waals surface area contributed by atoms with Crippen molar-refractivity contribution in [3.05, 3.63) is 30.1 Å². The summed E-state index contributed by atoms with van der Waals surface area (Å²) in [5.74, 6) is 1.88. The van der Waals surface area contributed by atoms with Crippen LogP contribution in [0.2, 0.25) is 0 Å². The van der Waals surface area contributed by atoms with Gasteiger partial charge in [-0.3, -0.25) is 9.78 Å². The third-order valence-corrected chi connectivity index (χ3v) is 6.63. The molecule has 4 aliphatic carbocycles. The molecule has 5 heteroatoms. The minimum atomic E-state index is -0.486. The first-order valence-electron chi connectivity index (χ1n) is 9.40. The largest absolute Gasteiger partial charge is 0.452 e. The van der Waals surface area contributed by atoms with E-state index < -0.39 is 5.97 Å². The lowest BCUT2D eigenvalue weighted by Gasteiger charge is -2.59. The van der Waals surface area contributed by atoms with Gasteiger partial charge in [-0.05, 0) is 80.8 Å². The predicted octanol–water partition coefficient (Wildman–Crippen LogP) is 2.96. The van der Waals surface area contributed by atoms with E-state index in [4.69, 9.17) is 4.74 Å². The van der Waals surface area contributed by atoms with E-state index in [1.54, 1.807) is 12.1 Å². The molecule has 0 aliphatic heterocycles. The summed E-state index contributed by atoms with van der Waals surface area (Å²) >= 11 is 0. The maximum Gasteiger partial charge on any atom is 0.338 e. The first kappa shape index (κ1) is 16.6. The number of amides is 1.